The van der Waals surface area contributed by atoms with Crippen molar-refractivity contribution in [3.63, 3.8) is 0 Å². The normalized spacial score (nSPS) is 11.3. The van der Waals surface area contributed by atoms with Gasteiger partial charge in [0.2, 0.25) is 5.43 Å². The molecule has 0 radical (unpaired) electrons. The third-order valence-corrected chi connectivity index (χ3v) is 5.31. The van der Waals surface area contributed by atoms with E-state index in [-0.39, 0.29) is 16.6 Å². The molecule has 0 aliphatic carbocycles. The second kappa shape index (κ2) is 6.46. The van der Waals surface area contributed by atoms with Crippen molar-refractivity contribution in [3.8, 4) is 5.69 Å². The van der Waals surface area contributed by atoms with Gasteiger partial charge in [-0.25, -0.2) is 9.37 Å². The molecular formula is C20H15FN2O2S. The molecule has 0 saturated carbocycles. The number of halogens is 1. The predicted molar refractivity (Wildman–Crippen MR) is 103 cm³/mol. The molecule has 0 aliphatic rings. The summed E-state index contributed by atoms with van der Waals surface area (Å²) in [5, 5.41) is 0.593. The van der Waals surface area contributed by atoms with Gasteiger partial charge in [-0.05, 0) is 42.8 Å². The Labute approximate surface area is 152 Å². The summed E-state index contributed by atoms with van der Waals surface area (Å²) in [5.74, 6) is 0.188. The quantitative estimate of drug-likeness (QED) is 0.514. The highest BCUT2D eigenvalue weighted by atomic mass is 32.1. The van der Waals surface area contributed by atoms with E-state index in [2.05, 4.69) is 4.98 Å². The molecule has 0 amide bonds. The van der Waals surface area contributed by atoms with Crippen LogP contribution in [0.5, 0.6) is 0 Å². The number of aryl methyl sites for hydroxylation is 1. The summed E-state index contributed by atoms with van der Waals surface area (Å²) in [7, 11) is 0. The van der Waals surface area contributed by atoms with Crippen LogP contribution < -0.4 is 11.0 Å². The summed E-state index contributed by atoms with van der Waals surface area (Å²) in [6.45, 7) is 1.99. The van der Waals surface area contributed by atoms with Crippen LogP contribution in [0.4, 0.5) is 4.39 Å². The molecule has 2 aromatic carbocycles. The Bertz CT molecular complexity index is 1240. The minimum atomic E-state index is -0.405. The summed E-state index contributed by atoms with van der Waals surface area (Å²) < 4.78 is 15.5. The fourth-order valence-electron chi connectivity index (χ4n) is 3.04. The van der Waals surface area contributed by atoms with Gasteiger partial charge in [0.05, 0.1) is 5.69 Å². The lowest BCUT2D eigenvalue weighted by atomic mass is 10.2. The molecule has 0 atom stereocenters. The first kappa shape index (κ1) is 16.6. The summed E-state index contributed by atoms with van der Waals surface area (Å²) in [6, 6.07) is 12.8. The topological polar surface area (TPSA) is 52.0 Å². The molecule has 0 aliphatic heterocycles. The van der Waals surface area contributed by atoms with Crippen LogP contribution in [-0.2, 0) is 6.42 Å². The van der Waals surface area contributed by atoms with Gasteiger partial charge in [-0.15, -0.1) is 11.3 Å². The highest BCUT2D eigenvalue weighted by molar-refractivity contribution is 7.24. The monoisotopic (exact) mass is 366 g/mol. The zero-order chi connectivity index (χ0) is 18.3. The summed E-state index contributed by atoms with van der Waals surface area (Å²) in [4.78, 5) is 31.2. The summed E-state index contributed by atoms with van der Waals surface area (Å²) in [6.07, 6.45) is 1.37. The molecular weight excluding hydrogens is 351 g/mol. The van der Waals surface area contributed by atoms with E-state index >= 15 is 0 Å². The average molecular weight is 366 g/mol. The first-order valence-electron chi connectivity index (χ1n) is 8.33. The third-order valence-electron chi connectivity index (χ3n) is 4.24. The van der Waals surface area contributed by atoms with Crippen molar-refractivity contribution in [3.05, 3.63) is 80.7 Å². The fraction of sp³-hybridized carbons (Fsp3) is 0.150. The molecule has 0 spiro atoms. The second-order valence-electron chi connectivity index (χ2n) is 6.00. The molecule has 4 nitrogen and oxygen atoms in total. The average Bonchev–Trinajstić information content (AvgIpc) is 2.63. The number of rotatable bonds is 3. The van der Waals surface area contributed by atoms with Gasteiger partial charge >= 0.3 is 0 Å². The molecule has 26 heavy (non-hydrogen) atoms. The van der Waals surface area contributed by atoms with Crippen LogP contribution in [0.2, 0.25) is 0 Å². The van der Waals surface area contributed by atoms with Gasteiger partial charge in [-0.2, -0.15) is 0 Å². The molecule has 4 aromatic rings. The number of fused-ring (bicyclic) bond motifs is 2. The van der Waals surface area contributed by atoms with Crippen molar-refractivity contribution < 1.29 is 4.39 Å². The molecule has 6 heteroatoms. The number of benzene rings is 2. The molecule has 130 valence electrons. The van der Waals surface area contributed by atoms with E-state index in [0.29, 0.717) is 28.1 Å². The molecule has 0 saturated heterocycles. The van der Waals surface area contributed by atoms with Crippen molar-refractivity contribution in [2.75, 3.05) is 0 Å². The maximum Gasteiger partial charge on any atom is 0.270 e. The smallest absolute Gasteiger partial charge is 0.270 e. The van der Waals surface area contributed by atoms with Crippen molar-refractivity contribution in [2.24, 2.45) is 0 Å². The van der Waals surface area contributed by atoms with Crippen molar-refractivity contribution in [2.45, 2.75) is 19.8 Å². The lowest BCUT2D eigenvalue weighted by molar-refractivity contribution is 0.627. The van der Waals surface area contributed by atoms with Gasteiger partial charge in [-0.1, -0.05) is 19.1 Å². The number of aromatic nitrogens is 2. The number of hydrogen-bond acceptors (Lipinski definition) is 4. The maximum absolute atomic E-state index is 13.3. The van der Waals surface area contributed by atoms with Gasteiger partial charge in [0.15, 0.2) is 0 Å². The Hall–Kier alpha value is -2.86. The van der Waals surface area contributed by atoms with Gasteiger partial charge < -0.3 is 0 Å². The number of hydrogen-bond donors (Lipinski definition) is 0. The lowest BCUT2D eigenvalue weighted by Crippen LogP contribution is -2.27. The Morgan fingerprint density at radius 3 is 2.54 bits per heavy atom. The largest absolute Gasteiger partial charge is 0.288 e. The van der Waals surface area contributed by atoms with E-state index in [1.165, 1.54) is 40.2 Å². The van der Waals surface area contributed by atoms with Crippen molar-refractivity contribution >= 4 is 31.6 Å². The molecule has 0 N–H and O–H groups in total. The van der Waals surface area contributed by atoms with Crippen LogP contribution in [-0.4, -0.2) is 9.55 Å². The van der Waals surface area contributed by atoms with Crippen LogP contribution in [0, 0.1) is 5.82 Å². The van der Waals surface area contributed by atoms with Crippen molar-refractivity contribution in [1.82, 2.24) is 9.55 Å². The SMILES string of the molecule is CCCc1nc2sc3ccccc3c(=O)c2c(=O)n1-c1ccc(F)cc1. The Morgan fingerprint density at radius 2 is 1.81 bits per heavy atom. The highest BCUT2D eigenvalue weighted by Gasteiger charge is 2.17. The predicted octanol–water partition coefficient (Wildman–Crippen LogP) is 4.05. The lowest BCUT2D eigenvalue weighted by Gasteiger charge is -2.13. The van der Waals surface area contributed by atoms with E-state index in [9.17, 15) is 14.0 Å². The zero-order valence-electron chi connectivity index (χ0n) is 14.0. The summed E-state index contributed by atoms with van der Waals surface area (Å²) in [5.41, 5.74) is -0.213. The van der Waals surface area contributed by atoms with E-state index in [4.69, 9.17) is 0 Å². The third kappa shape index (κ3) is 2.63. The molecule has 0 bridgehead atoms. The fourth-order valence-corrected chi connectivity index (χ4v) is 4.10. The van der Waals surface area contributed by atoms with Crippen LogP contribution in [0.1, 0.15) is 19.2 Å². The maximum atomic E-state index is 13.3. The van der Waals surface area contributed by atoms with Crippen LogP contribution in [0.3, 0.4) is 0 Å². The van der Waals surface area contributed by atoms with E-state index in [1.807, 2.05) is 19.1 Å². The second-order valence-corrected chi connectivity index (χ2v) is 7.03. The van der Waals surface area contributed by atoms with Crippen LogP contribution in [0.15, 0.2) is 58.1 Å². The Morgan fingerprint density at radius 1 is 1.08 bits per heavy atom. The molecule has 0 unspecified atom stereocenters. The molecule has 2 aromatic heterocycles. The Kier molecular flexibility index (Phi) is 4.12. The van der Waals surface area contributed by atoms with Crippen molar-refractivity contribution in [1.29, 1.82) is 0 Å². The van der Waals surface area contributed by atoms with E-state index < -0.39 is 5.56 Å². The van der Waals surface area contributed by atoms with Gasteiger partial charge in [0.1, 0.15) is 21.9 Å². The first-order valence-corrected chi connectivity index (χ1v) is 9.15. The van der Waals surface area contributed by atoms with Gasteiger partial charge in [0.25, 0.3) is 5.56 Å². The van der Waals surface area contributed by atoms with Gasteiger partial charge in [-0.3, -0.25) is 14.2 Å². The van der Waals surface area contributed by atoms with Gasteiger partial charge in [0, 0.05) is 16.5 Å². The Balaban J connectivity index is 2.15. The molecule has 4 rings (SSSR count). The minimum Gasteiger partial charge on any atom is -0.288 e. The standard InChI is InChI=1S/C20H15FN2O2S/c1-2-5-16-22-19-17(18(24)14-6-3-4-7-15(14)26-19)20(25)23(16)13-10-8-12(21)9-11-13/h3-4,6-11H,2,5H2,1H3. The first-order chi connectivity index (χ1) is 12.6. The van der Waals surface area contributed by atoms with Crippen LogP contribution in [0.25, 0.3) is 26.0 Å². The molecule has 0 fully saturated rings. The number of nitrogens with zero attached hydrogens (tertiary/aromatic N) is 2. The summed E-state index contributed by atoms with van der Waals surface area (Å²) >= 11 is 1.34. The highest BCUT2D eigenvalue weighted by Crippen LogP contribution is 2.22. The van der Waals surface area contributed by atoms with E-state index in [0.717, 1.165) is 11.1 Å². The van der Waals surface area contributed by atoms with E-state index in [1.54, 1.807) is 12.1 Å². The minimum absolute atomic E-state index is 0.0814. The zero-order valence-corrected chi connectivity index (χ0v) is 14.8. The van der Waals surface area contributed by atoms with Crippen LogP contribution >= 0.6 is 11.3 Å². The molecule has 2 heterocycles.